The Kier molecular flexibility index (Phi) is 6.05. The van der Waals surface area contributed by atoms with Crippen LogP contribution in [0.1, 0.15) is 5.69 Å². The van der Waals surface area contributed by atoms with Gasteiger partial charge in [0, 0.05) is 19.9 Å². The number of amides is 2. The maximum atomic E-state index is 11.2. The van der Waals surface area contributed by atoms with Crippen molar-refractivity contribution in [3.63, 3.8) is 0 Å². The van der Waals surface area contributed by atoms with E-state index >= 15 is 0 Å². The first-order valence-corrected chi connectivity index (χ1v) is 5.25. The molecule has 0 aromatic carbocycles. The number of hydrazone groups is 1. The molecule has 0 saturated carbocycles. The highest BCUT2D eigenvalue weighted by Gasteiger charge is 2.10. The molecule has 0 aliphatic rings. The van der Waals surface area contributed by atoms with Crippen LogP contribution < -0.4 is 10.7 Å². The van der Waals surface area contributed by atoms with Gasteiger partial charge >= 0.3 is 11.8 Å². The zero-order chi connectivity index (χ0) is 13.2. The lowest BCUT2D eigenvalue weighted by Gasteiger charge is -2.02. The van der Waals surface area contributed by atoms with Crippen molar-refractivity contribution < 1.29 is 14.3 Å². The Balaban J connectivity index is 2.32. The van der Waals surface area contributed by atoms with Crippen LogP contribution in [0.2, 0.25) is 0 Å². The minimum Gasteiger partial charge on any atom is -0.383 e. The molecule has 18 heavy (non-hydrogen) atoms. The summed E-state index contributed by atoms with van der Waals surface area (Å²) in [6.07, 6.45) is 2.95. The highest BCUT2D eigenvalue weighted by molar-refractivity contribution is 6.35. The molecular weight excluding hydrogens is 236 g/mol. The van der Waals surface area contributed by atoms with Gasteiger partial charge in [0.25, 0.3) is 0 Å². The number of pyridine rings is 1. The minimum absolute atomic E-state index is 0.271. The Morgan fingerprint density at radius 2 is 2.28 bits per heavy atom. The highest BCUT2D eigenvalue weighted by Crippen LogP contribution is 1.87. The minimum atomic E-state index is -0.835. The van der Waals surface area contributed by atoms with E-state index in [9.17, 15) is 9.59 Å². The third-order valence-electron chi connectivity index (χ3n) is 1.85. The summed E-state index contributed by atoms with van der Waals surface area (Å²) in [6, 6.07) is 5.26. The number of nitrogens with zero attached hydrogens (tertiary/aromatic N) is 2. The smallest absolute Gasteiger partial charge is 0.329 e. The molecular formula is C11H14N4O3. The molecule has 7 nitrogen and oxygen atoms in total. The summed E-state index contributed by atoms with van der Waals surface area (Å²) < 4.78 is 4.73. The fraction of sp³-hybridized carbons (Fsp3) is 0.273. The van der Waals surface area contributed by atoms with Crippen molar-refractivity contribution in [3.8, 4) is 0 Å². The van der Waals surface area contributed by atoms with E-state index < -0.39 is 11.8 Å². The number of carbonyl (C=O) groups is 2. The predicted octanol–water partition coefficient (Wildman–Crippen LogP) is -0.706. The van der Waals surface area contributed by atoms with Gasteiger partial charge in [-0.05, 0) is 12.1 Å². The number of methoxy groups -OCH3 is 1. The van der Waals surface area contributed by atoms with Gasteiger partial charge in [0.2, 0.25) is 0 Å². The second-order valence-electron chi connectivity index (χ2n) is 3.20. The molecule has 0 unspecified atom stereocenters. The normalized spacial score (nSPS) is 10.3. The van der Waals surface area contributed by atoms with Crippen molar-refractivity contribution in [1.29, 1.82) is 0 Å². The van der Waals surface area contributed by atoms with Crippen LogP contribution in [0.15, 0.2) is 29.5 Å². The van der Waals surface area contributed by atoms with Crippen LogP contribution in [0.3, 0.4) is 0 Å². The lowest BCUT2D eigenvalue weighted by Crippen LogP contribution is -2.39. The molecule has 0 saturated heterocycles. The highest BCUT2D eigenvalue weighted by atomic mass is 16.5. The van der Waals surface area contributed by atoms with Crippen molar-refractivity contribution in [2.45, 2.75) is 0 Å². The Morgan fingerprint density at radius 1 is 1.44 bits per heavy atom. The van der Waals surface area contributed by atoms with Crippen LogP contribution in [0.4, 0.5) is 0 Å². The molecule has 1 heterocycles. The molecule has 0 fully saturated rings. The van der Waals surface area contributed by atoms with E-state index in [2.05, 4.69) is 20.8 Å². The van der Waals surface area contributed by atoms with E-state index in [0.717, 1.165) is 0 Å². The lowest BCUT2D eigenvalue weighted by molar-refractivity contribution is -0.139. The van der Waals surface area contributed by atoms with E-state index in [0.29, 0.717) is 12.3 Å². The van der Waals surface area contributed by atoms with Crippen LogP contribution in [-0.2, 0) is 14.3 Å². The molecule has 0 aliphatic carbocycles. The summed E-state index contributed by atoms with van der Waals surface area (Å²) in [5.41, 5.74) is 2.68. The summed E-state index contributed by atoms with van der Waals surface area (Å²) >= 11 is 0. The molecule has 0 atom stereocenters. The first kappa shape index (κ1) is 13.8. The topological polar surface area (TPSA) is 92.7 Å². The van der Waals surface area contributed by atoms with Crippen LogP contribution in [0, 0.1) is 0 Å². The average Bonchev–Trinajstić information content (AvgIpc) is 2.40. The summed E-state index contributed by atoms with van der Waals surface area (Å²) in [5.74, 6) is -1.59. The number of nitrogens with one attached hydrogen (secondary N) is 2. The largest absolute Gasteiger partial charge is 0.383 e. The molecule has 7 heteroatoms. The predicted molar refractivity (Wildman–Crippen MR) is 64.9 cm³/mol. The first-order valence-electron chi connectivity index (χ1n) is 5.25. The van der Waals surface area contributed by atoms with E-state index in [1.807, 2.05) is 0 Å². The Bertz CT molecular complexity index is 420. The maximum Gasteiger partial charge on any atom is 0.329 e. The fourth-order valence-electron chi connectivity index (χ4n) is 1.01. The van der Waals surface area contributed by atoms with Crippen molar-refractivity contribution in [3.05, 3.63) is 30.1 Å². The summed E-state index contributed by atoms with van der Waals surface area (Å²) in [4.78, 5) is 26.4. The number of carbonyl (C=O) groups excluding carboxylic acids is 2. The summed E-state index contributed by atoms with van der Waals surface area (Å²) in [5, 5.41) is 5.98. The molecule has 2 amide bonds. The summed E-state index contributed by atoms with van der Waals surface area (Å²) in [7, 11) is 1.50. The van der Waals surface area contributed by atoms with Crippen molar-refractivity contribution in [2.24, 2.45) is 5.10 Å². The van der Waals surface area contributed by atoms with E-state index in [1.54, 1.807) is 24.4 Å². The molecule has 0 radical (unpaired) electrons. The number of hydrogen-bond acceptors (Lipinski definition) is 5. The molecule has 96 valence electrons. The van der Waals surface area contributed by atoms with Gasteiger partial charge in [-0.25, -0.2) is 5.43 Å². The quantitative estimate of drug-likeness (QED) is 0.312. The van der Waals surface area contributed by atoms with Crippen LogP contribution >= 0.6 is 0 Å². The van der Waals surface area contributed by atoms with Gasteiger partial charge in [-0.15, -0.1) is 0 Å². The van der Waals surface area contributed by atoms with E-state index in [4.69, 9.17) is 4.74 Å². The zero-order valence-corrected chi connectivity index (χ0v) is 9.92. The standard InChI is InChI=1S/C11H14N4O3/c1-18-7-6-13-10(16)11(17)15-14-8-9-4-2-3-5-12-9/h2-5,8H,6-7H2,1H3,(H,13,16)(H,15,17)/b14-8+. The van der Waals surface area contributed by atoms with Crippen LogP contribution in [0.25, 0.3) is 0 Å². The van der Waals surface area contributed by atoms with Gasteiger partial charge in [-0.1, -0.05) is 6.07 Å². The van der Waals surface area contributed by atoms with Crippen LogP contribution in [0.5, 0.6) is 0 Å². The number of aromatic nitrogens is 1. The monoisotopic (exact) mass is 250 g/mol. The van der Waals surface area contributed by atoms with Gasteiger partial charge in [-0.3, -0.25) is 14.6 Å². The first-order chi connectivity index (χ1) is 8.74. The van der Waals surface area contributed by atoms with E-state index in [-0.39, 0.29) is 6.54 Å². The summed E-state index contributed by atoms with van der Waals surface area (Å²) in [6.45, 7) is 0.614. The van der Waals surface area contributed by atoms with Crippen molar-refractivity contribution in [2.75, 3.05) is 20.3 Å². The molecule has 2 N–H and O–H groups in total. The van der Waals surface area contributed by atoms with Gasteiger partial charge in [-0.2, -0.15) is 5.10 Å². The van der Waals surface area contributed by atoms with Gasteiger partial charge in [0.1, 0.15) is 0 Å². The molecule has 0 spiro atoms. The van der Waals surface area contributed by atoms with Crippen molar-refractivity contribution >= 4 is 18.0 Å². The SMILES string of the molecule is COCCNC(=O)C(=O)N/N=C/c1ccccn1. The zero-order valence-electron chi connectivity index (χ0n) is 9.92. The Morgan fingerprint density at radius 3 is 2.94 bits per heavy atom. The molecule has 1 aromatic rings. The van der Waals surface area contributed by atoms with Gasteiger partial charge in [0.15, 0.2) is 0 Å². The molecule has 1 aromatic heterocycles. The van der Waals surface area contributed by atoms with E-state index in [1.165, 1.54) is 13.3 Å². The molecule has 1 rings (SSSR count). The third kappa shape index (κ3) is 5.17. The Hall–Kier alpha value is -2.28. The second-order valence-corrected chi connectivity index (χ2v) is 3.20. The lowest BCUT2D eigenvalue weighted by atomic mass is 10.4. The number of ether oxygens (including phenoxy) is 1. The van der Waals surface area contributed by atoms with Crippen molar-refractivity contribution in [1.82, 2.24) is 15.7 Å². The Labute approximate surface area is 104 Å². The van der Waals surface area contributed by atoms with Crippen LogP contribution in [-0.4, -0.2) is 43.3 Å². The van der Waals surface area contributed by atoms with Gasteiger partial charge in [0.05, 0.1) is 18.5 Å². The molecule has 0 bridgehead atoms. The number of hydrogen-bond donors (Lipinski definition) is 2. The maximum absolute atomic E-state index is 11.2. The average molecular weight is 250 g/mol. The number of rotatable bonds is 5. The van der Waals surface area contributed by atoms with Gasteiger partial charge < -0.3 is 10.1 Å². The fourth-order valence-corrected chi connectivity index (χ4v) is 1.01. The second kappa shape index (κ2) is 7.91. The molecule has 0 aliphatic heterocycles. The third-order valence-corrected chi connectivity index (χ3v) is 1.85.